The fourth-order valence-electron chi connectivity index (χ4n) is 5.08. The minimum absolute atomic E-state index is 0.0454. The molecular formula is C33H46N4O3Si. The number of piperazine rings is 1. The van der Waals surface area contributed by atoms with Crippen LogP contribution in [-0.2, 0) is 20.6 Å². The molecule has 2 atom stereocenters. The molecule has 8 heteroatoms. The van der Waals surface area contributed by atoms with Crippen LogP contribution >= 0.6 is 0 Å². The molecule has 2 aromatic carbocycles. The lowest BCUT2D eigenvalue weighted by atomic mass is 9.84. The Bertz CT molecular complexity index is 1360. The van der Waals surface area contributed by atoms with Crippen molar-refractivity contribution in [2.45, 2.75) is 78.3 Å². The molecule has 0 N–H and O–H groups in total. The van der Waals surface area contributed by atoms with E-state index in [2.05, 4.69) is 77.5 Å². The first-order valence-corrected chi connectivity index (χ1v) is 17.4. The number of nitrogens with zero attached hydrogens (tertiary/aromatic N) is 4. The minimum atomic E-state index is -2.05. The molecule has 0 unspecified atom stereocenters. The highest BCUT2D eigenvalue weighted by Gasteiger charge is 2.47. The molecule has 3 aromatic rings. The van der Waals surface area contributed by atoms with Gasteiger partial charge in [-0.3, -0.25) is 9.59 Å². The van der Waals surface area contributed by atoms with Crippen LogP contribution in [0.4, 0.5) is 0 Å². The van der Waals surface area contributed by atoms with Crippen molar-refractivity contribution in [1.29, 1.82) is 0 Å². The molecule has 2 heterocycles. The molecule has 220 valence electrons. The van der Waals surface area contributed by atoms with Crippen LogP contribution in [0.1, 0.15) is 59.0 Å². The second-order valence-corrected chi connectivity index (χ2v) is 18.6. The van der Waals surface area contributed by atoms with Gasteiger partial charge in [-0.05, 0) is 29.1 Å². The van der Waals surface area contributed by atoms with Crippen LogP contribution in [0.3, 0.4) is 0 Å². The highest BCUT2D eigenvalue weighted by atomic mass is 28.4. The fourth-order valence-corrected chi connectivity index (χ4v) is 6.12. The summed E-state index contributed by atoms with van der Waals surface area (Å²) in [5, 5.41) is 0.0454. The van der Waals surface area contributed by atoms with Crippen molar-refractivity contribution in [2.24, 2.45) is 5.41 Å². The molecule has 1 aliphatic heterocycles. The van der Waals surface area contributed by atoms with E-state index in [4.69, 9.17) is 9.41 Å². The van der Waals surface area contributed by atoms with Gasteiger partial charge in [0.25, 0.3) is 0 Å². The Kier molecular flexibility index (Phi) is 8.67. The van der Waals surface area contributed by atoms with Crippen molar-refractivity contribution < 1.29 is 14.0 Å². The van der Waals surface area contributed by atoms with E-state index in [-0.39, 0.29) is 11.1 Å². The quantitative estimate of drug-likeness (QED) is 0.231. The Morgan fingerprint density at radius 3 is 2.07 bits per heavy atom. The lowest BCUT2D eigenvalue weighted by molar-refractivity contribution is -0.162. The van der Waals surface area contributed by atoms with Gasteiger partial charge in [0.2, 0.25) is 0 Å². The number of imidazole rings is 1. The summed E-state index contributed by atoms with van der Waals surface area (Å²) in [4.78, 5) is 35.6. The highest BCUT2D eigenvalue weighted by molar-refractivity contribution is 6.74. The van der Waals surface area contributed by atoms with E-state index in [1.807, 2.05) is 48.5 Å². The number of aromatic nitrogens is 2. The standard InChI is InChI=1S/C33H46N4O3Si/c1-32(2,3)28(37-21-26(35(7)30(38)31(37)39)23-40-41(8,9)33(4,5)6)29-34-27(25-18-14-11-15-19-25)22-36(29)20-24-16-12-10-13-17-24/h10-19,22,26,28H,20-21,23H2,1-9H3/t26-,28-/m0/s1. The fraction of sp³-hybridized carbons (Fsp3) is 0.485. The molecule has 0 radical (unpaired) electrons. The molecule has 7 nitrogen and oxygen atoms in total. The summed E-state index contributed by atoms with van der Waals surface area (Å²) >= 11 is 0. The van der Waals surface area contributed by atoms with Gasteiger partial charge in [-0.25, -0.2) is 4.98 Å². The summed E-state index contributed by atoms with van der Waals surface area (Å²) in [5.41, 5.74) is 2.59. The van der Waals surface area contributed by atoms with Crippen molar-refractivity contribution in [3.05, 3.63) is 78.2 Å². The van der Waals surface area contributed by atoms with Crippen LogP contribution in [0.15, 0.2) is 66.9 Å². The van der Waals surface area contributed by atoms with Crippen LogP contribution < -0.4 is 0 Å². The molecule has 1 fully saturated rings. The van der Waals surface area contributed by atoms with E-state index < -0.39 is 31.6 Å². The van der Waals surface area contributed by atoms with Gasteiger partial charge in [0.1, 0.15) is 5.82 Å². The van der Waals surface area contributed by atoms with Gasteiger partial charge in [-0.15, -0.1) is 0 Å². The summed E-state index contributed by atoms with van der Waals surface area (Å²) in [6, 6.07) is 19.7. The predicted molar refractivity (Wildman–Crippen MR) is 167 cm³/mol. The molecule has 1 aromatic heterocycles. The first-order valence-electron chi connectivity index (χ1n) is 14.5. The van der Waals surface area contributed by atoms with Crippen LogP contribution in [0.2, 0.25) is 18.1 Å². The maximum Gasteiger partial charge on any atom is 0.312 e. The van der Waals surface area contributed by atoms with Crippen molar-refractivity contribution in [1.82, 2.24) is 19.4 Å². The normalized spacial score (nSPS) is 17.7. The third-order valence-electron chi connectivity index (χ3n) is 8.61. The summed E-state index contributed by atoms with van der Waals surface area (Å²) in [6.45, 7) is 18.8. The van der Waals surface area contributed by atoms with Gasteiger partial charge >= 0.3 is 11.8 Å². The maximum atomic E-state index is 13.7. The van der Waals surface area contributed by atoms with Gasteiger partial charge < -0.3 is 18.8 Å². The lowest BCUT2D eigenvalue weighted by Gasteiger charge is -2.46. The second-order valence-electron chi connectivity index (χ2n) is 13.8. The summed E-state index contributed by atoms with van der Waals surface area (Å²) in [6.07, 6.45) is 2.07. The van der Waals surface area contributed by atoms with Crippen molar-refractivity contribution >= 4 is 20.1 Å². The Balaban J connectivity index is 1.76. The molecule has 1 aliphatic rings. The number of carbonyl (C=O) groups is 2. The molecule has 0 bridgehead atoms. The highest BCUT2D eigenvalue weighted by Crippen LogP contribution is 2.41. The smallest absolute Gasteiger partial charge is 0.312 e. The number of likely N-dealkylation sites (N-methyl/N-ethyl adjacent to an activating group) is 1. The van der Waals surface area contributed by atoms with E-state index in [0.717, 1.165) is 22.6 Å². The second kappa shape index (κ2) is 11.6. The Morgan fingerprint density at radius 1 is 0.927 bits per heavy atom. The van der Waals surface area contributed by atoms with Crippen LogP contribution in [-0.4, -0.2) is 65.7 Å². The third kappa shape index (κ3) is 6.65. The molecule has 0 aliphatic carbocycles. The summed E-state index contributed by atoms with van der Waals surface area (Å²) in [7, 11) is -0.336. The first-order chi connectivity index (χ1) is 19.1. The Morgan fingerprint density at radius 2 is 1.51 bits per heavy atom. The average Bonchev–Trinajstić information content (AvgIpc) is 3.30. The number of amides is 2. The average molecular weight is 575 g/mol. The number of benzene rings is 2. The topological polar surface area (TPSA) is 67.7 Å². The number of carbonyl (C=O) groups excluding carboxylic acids is 2. The monoisotopic (exact) mass is 574 g/mol. The Labute approximate surface area is 246 Å². The SMILES string of the molecule is CN1C(=O)C(=O)N([C@@H](c2nc(-c3ccccc3)cn2Cc2ccccc2)C(C)(C)C)C[C@H]1CO[Si](C)(C)C(C)(C)C. The van der Waals surface area contributed by atoms with Crippen molar-refractivity contribution in [3.63, 3.8) is 0 Å². The van der Waals surface area contributed by atoms with Crippen LogP contribution in [0, 0.1) is 5.41 Å². The van der Waals surface area contributed by atoms with E-state index >= 15 is 0 Å². The molecule has 2 amide bonds. The van der Waals surface area contributed by atoms with Gasteiger partial charge in [-0.1, -0.05) is 102 Å². The van der Waals surface area contributed by atoms with Crippen molar-refractivity contribution in [2.75, 3.05) is 20.2 Å². The van der Waals surface area contributed by atoms with Gasteiger partial charge in [0.15, 0.2) is 8.32 Å². The van der Waals surface area contributed by atoms with Crippen LogP contribution in [0.5, 0.6) is 0 Å². The van der Waals surface area contributed by atoms with Gasteiger partial charge in [0.05, 0.1) is 24.4 Å². The number of rotatable bonds is 8. The lowest BCUT2D eigenvalue weighted by Crippen LogP contribution is -2.62. The molecular weight excluding hydrogens is 528 g/mol. The van der Waals surface area contributed by atoms with Gasteiger partial charge in [0, 0.05) is 31.9 Å². The minimum Gasteiger partial charge on any atom is -0.415 e. The maximum absolute atomic E-state index is 13.7. The molecule has 0 spiro atoms. The largest absolute Gasteiger partial charge is 0.415 e. The van der Waals surface area contributed by atoms with Crippen LogP contribution in [0.25, 0.3) is 11.3 Å². The summed E-state index contributed by atoms with van der Waals surface area (Å²) in [5.74, 6) is -0.222. The zero-order chi connectivity index (χ0) is 30.2. The summed E-state index contributed by atoms with van der Waals surface area (Å²) < 4.78 is 8.70. The zero-order valence-corrected chi connectivity index (χ0v) is 27.1. The van der Waals surface area contributed by atoms with E-state index in [9.17, 15) is 9.59 Å². The molecule has 41 heavy (non-hydrogen) atoms. The third-order valence-corrected chi connectivity index (χ3v) is 13.1. The molecule has 1 saturated heterocycles. The molecule has 4 rings (SSSR count). The first kappa shape index (κ1) is 30.7. The zero-order valence-electron chi connectivity index (χ0n) is 26.1. The van der Waals surface area contributed by atoms with Gasteiger partial charge in [-0.2, -0.15) is 0 Å². The van der Waals surface area contributed by atoms with E-state index in [1.165, 1.54) is 0 Å². The van der Waals surface area contributed by atoms with E-state index in [1.54, 1.807) is 16.8 Å². The van der Waals surface area contributed by atoms with E-state index in [0.29, 0.717) is 19.7 Å². The number of hydrogen-bond donors (Lipinski definition) is 0. The Hall–Kier alpha value is -3.23. The number of hydrogen-bond acceptors (Lipinski definition) is 4. The molecule has 0 saturated carbocycles. The van der Waals surface area contributed by atoms with Crippen molar-refractivity contribution in [3.8, 4) is 11.3 Å². The predicted octanol–water partition coefficient (Wildman–Crippen LogP) is 6.38.